The topological polar surface area (TPSA) is 155 Å². The standard InChI is InChI=1S/C23H17Cl2N3O7S2/c1-35-15-4-6-16(7-5-15)36(30,31)28-21-12-17(37(32,33)34)10-13-2-9-19(23(29)22(13)21)26-27-20-11-14(24)3-8-18(20)25/h2-12,28-29H,1H3,(H,32,33,34). The van der Waals surface area contributed by atoms with Crippen molar-refractivity contribution in [1.29, 1.82) is 0 Å². The molecule has 0 atom stereocenters. The van der Waals surface area contributed by atoms with Gasteiger partial charge in [0, 0.05) is 5.02 Å². The number of nitrogens with zero attached hydrogens (tertiary/aromatic N) is 2. The molecule has 0 fully saturated rings. The van der Waals surface area contributed by atoms with Gasteiger partial charge in [0.1, 0.15) is 17.1 Å². The molecular formula is C23H17Cl2N3O7S2. The second kappa shape index (κ2) is 10.1. The number of fused-ring (bicyclic) bond motifs is 1. The van der Waals surface area contributed by atoms with E-state index < -0.39 is 30.8 Å². The van der Waals surface area contributed by atoms with E-state index in [2.05, 4.69) is 15.0 Å². The van der Waals surface area contributed by atoms with Crippen molar-refractivity contribution in [2.75, 3.05) is 11.8 Å². The third kappa shape index (κ3) is 5.78. The lowest BCUT2D eigenvalue weighted by Gasteiger charge is -2.14. The van der Waals surface area contributed by atoms with Gasteiger partial charge in [-0.05, 0) is 66.0 Å². The molecule has 0 aliphatic heterocycles. The van der Waals surface area contributed by atoms with Gasteiger partial charge in [0.2, 0.25) is 0 Å². The van der Waals surface area contributed by atoms with Gasteiger partial charge in [-0.1, -0.05) is 29.3 Å². The molecule has 0 saturated heterocycles. The van der Waals surface area contributed by atoms with Gasteiger partial charge >= 0.3 is 0 Å². The van der Waals surface area contributed by atoms with Crippen molar-refractivity contribution in [3.05, 3.63) is 76.8 Å². The maximum atomic E-state index is 13.1. The quantitative estimate of drug-likeness (QED) is 0.170. The van der Waals surface area contributed by atoms with Crippen LogP contribution < -0.4 is 9.46 Å². The molecule has 192 valence electrons. The highest BCUT2D eigenvalue weighted by atomic mass is 35.5. The van der Waals surface area contributed by atoms with Crippen molar-refractivity contribution in [3.8, 4) is 11.5 Å². The van der Waals surface area contributed by atoms with Gasteiger partial charge in [0.05, 0.1) is 33.0 Å². The van der Waals surface area contributed by atoms with Crippen LogP contribution in [0.25, 0.3) is 10.8 Å². The largest absolute Gasteiger partial charge is 0.505 e. The second-order valence-corrected chi connectivity index (χ2v) is 11.5. The van der Waals surface area contributed by atoms with E-state index in [1.54, 1.807) is 6.07 Å². The highest BCUT2D eigenvalue weighted by Crippen LogP contribution is 2.42. The lowest BCUT2D eigenvalue weighted by molar-refractivity contribution is 0.414. The van der Waals surface area contributed by atoms with Crippen LogP contribution in [0.3, 0.4) is 0 Å². The van der Waals surface area contributed by atoms with Gasteiger partial charge in [0.15, 0.2) is 5.75 Å². The van der Waals surface area contributed by atoms with E-state index in [1.165, 1.54) is 55.6 Å². The van der Waals surface area contributed by atoms with E-state index in [4.69, 9.17) is 27.9 Å². The van der Waals surface area contributed by atoms with Crippen molar-refractivity contribution in [3.63, 3.8) is 0 Å². The van der Waals surface area contributed by atoms with E-state index in [0.717, 1.165) is 12.1 Å². The number of sulfonamides is 1. The minimum absolute atomic E-state index is 0.0759. The minimum Gasteiger partial charge on any atom is -0.505 e. The summed E-state index contributed by atoms with van der Waals surface area (Å²) in [6, 6.07) is 14.6. The zero-order chi connectivity index (χ0) is 27.0. The Bertz CT molecular complexity index is 1760. The number of ether oxygens (including phenoxy) is 1. The number of hydrogen-bond acceptors (Lipinski definition) is 8. The molecule has 4 aromatic rings. The molecule has 0 aromatic heterocycles. The SMILES string of the molecule is COc1ccc(S(=O)(=O)Nc2cc(S(=O)(=O)O)cc3ccc(N=Nc4cc(Cl)ccc4Cl)c(O)c23)cc1. The van der Waals surface area contributed by atoms with Crippen LogP contribution in [-0.2, 0) is 20.1 Å². The first kappa shape index (κ1) is 26.6. The Morgan fingerprint density at radius 2 is 1.51 bits per heavy atom. The summed E-state index contributed by atoms with van der Waals surface area (Å²) in [5, 5.41) is 19.6. The van der Waals surface area contributed by atoms with Crippen LogP contribution in [0, 0.1) is 0 Å². The van der Waals surface area contributed by atoms with Crippen LogP contribution in [0.15, 0.2) is 86.7 Å². The average Bonchev–Trinajstić information content (AvgIpc) is 2.84. The Morgan fingerprint density at radius 3 is 2.16 bits per heavy atom. The smallest absolute Gasteiger partial charge is 0.294 e. The molecule has 14 heteroatoms. The van der Waals surface area contributed by atoms with Gasteiger partial charge in [-0.15, -0.1) is 10.2 Å². The van der Waals surface area contributed by atoms with Crippen LogP contribution >= 0.6 is 23.2 Å². The summed E-state index contributed by atoms with van der Waals surface area (Å²) in [6.45, 7) is 0. The van der Waals surface area contributed by atoms with Gasteiger partial charge in [-0.2, -0.15) is 8.42 Å². The molecule has 0 amide bonds. The van der Waals surface area contributed by atoms with Crippen LogP contribution in [0.5, 0.6) is 11.5 Å². The molecule has 0 heterocycles. The maximum Gasteiger partial charge on any atom is 0.294 e. The first-order valence-electron chi connectivity index (χ1n) is 10.2. The summed E-state index contributed by atoms with van der Waals surface area (Å²) in [4.78, 5) is -0.753. The lowest BCUT2D eigenvalue weighted by Crippen LogP contribution is -2.14. The number of halogens is 2. The molecule has 0 spiro atoms. The van der Waals surface area contributed by atoms with Crippen molar-refractivity contribution in [2.45, 2.75) is 9.79 Å². The Labute approximate surface area is 221 Å². The van der Waals surface area contributed by atoms with Crippen LogP contribution in [0.2, 0.25) is 10.0 Å². The second-order valence-electron chi connectivity index (χ2n) is 7.55. The molecule has 4 rings (SSSR count). The summed E-state index contributed by atoms with van der Waals surface area (Å²) in [5.74, 6) is -0.0843. The van der Waals surface area contributed by atoms with Crippen LogP contribution in [0.1, 0.15) is 0 Å². The van der Waals surface area contributed by atoms with Gasteiger partial charge in [-0.3, -0.25) is 9.27 Å². The molecule has 0 aliphatic carbocycles. The molecule has 10 nitrogen and oxygen atoms in total. The number of rotatable bonds is 7. The molecule has 0 aliphatic rings. The summed E-state index contributed by atoms with van der Waals surface area (Å²) < 4.78 is 66.7. The Hall–Kier alpha value is -3.42. The summed E-state index contributed by atoms with van der Waals surface area (Å²) in [7, 11) is -7.57. The zero-order valence-corrected chi connectivity index (χ0v) is 21.9. The third-order valence-electron chi connectivity index (χ3n) is 5.13. The summed E-state index contributed by atoms with van der Waals surface area (Å²) in [5.41, 5.74) is -0.180. The van der Waals surface area contributed by atoms with Crippen LogP contribution in [-0.4, -0.2) is 33.6 Å². The molecule has 4 aromatic carbocycles. The average molecular weight is 582 g/mol. The van der Waals surface area contributed by atoms with Crippen molar-refractivity contribution in [2.24, 2.45) is 10.2 Å². The van der Waals surface area contributed by atoms with Crippen molar-refractivity contribution >= 4 is 71.2 Å². The van der Waals surface area contributed by atoms with E-state index in [1.807, 2.05) is 0 Å². The number of benzene rings is 4. The molecule has 0 unspecified atom stereocenters. The number of aromatic hydroxyl groups is 1. The number of nitrogens with one attached hydrogen (secondary N) is 1. The highest BCUT2D eigenvalue weighted by Gasteiger charge is 2.22. The number of anilines is 1. The van der Waals surface area contributed by atoms with E-state index in [0.29, 0.717) is 10.8 Å². The normalized spacial score (nSPS) is 12.2. The van der Waals surface area contributed by atoms with Gasteiger partial charge in [-0.25, -0.2) is 8.42 Å². The number of phenols is 1. The Balaban J connectivity index is 1.87. The molecule has 3 N–H and O–H groups in total. The van der Waals surface area contributed by atoms with Crippen molar-refractivity contribution < 1.29 is 31.2 Å². The molecule has 0 bridgehead atoms. The number of phenolic OH excluding ortho intramolecular Hbond substituents is 1. The fraction of sp³-hybridized carbons (Fsp3) is 0.0435. The maximum absolute atomic E-state index is 13.1. The van der Waals surface area contributed by atoms with Gasteiger partial charge < -0.3 is 9.84 Å². The summed E-state index contributed by atoms with van der Waals surface area (Å²) in [6.07, 6.45) is 0. The van der Waals surface area contributed by atoms with E-state index in [9.17, 15) is 26.5 Å². The lowest BCUT2D eigenvalue weighted by atomic mass is 10.1. The van der Waals surface area contributed by atoms with Crippen LogP contribution in [0.4, 0.5) is 17.1 Å². The number of hydrogen-bond donors (Lipinski definition) is 3. The van der Waals surface area contributed by atoms with Gasteiger partial charge in [0.25, 0.3) is 20.1 Å². The predicted molar refractivity (Wildman–Crippen MR) is 140 cm³/mol. The highest BCUT2D eigenvalue weighted by molar-refractivity contribution is 7.92. The predicted octanol–water partition coefficient (Wildman–Crippen LogP) is 6.32. The van der Waals surface area contributed by atoms with E-state index in [-0.39, 0.29) is 37.8 Å². The Morgan fingerprint density at radius 1 is 0.838 bits per heavy atom. The summed E-state index contributed by atoms with van der Waals surface area (Å²) >= 11 is 12.1. The Kier molecular flexibility index (Phi) is 7.31. The molecule has 0 radical (unpaired) electrons. The third-order valence-corrected chi connectivity index (χ3v) is 7.90. The molecule has 0 saturated carbocycles. The molecular weight excluding hydrogens is 565 g/mol. The zero-order valence-electron chi connectivity index (χ0n) is 18.8. The fourth-order valence-electron chi connectivity index (χ4n) is 3.35. The molecule has 37 heavy (non-hydrogen) atoms. The number of azo groups is 1. The first-order valence-corrected chi connectivity index (χ1v) is 13.9. The number of methoxy groups -OCH3 is 1. The fourth-order valence-corrected chi connectivity index (χ4v) is 5.27. The minimum atomic E-state index is -4.73. The van der Waals surface area contributed by atoms with E-state index >= 15 is 0 Å². The van der Waals surface area contributed by atoms with Crippen molar-refractivity contribution in [1.82, 2.24) is 0 Å². The monoisotopic (exact) mass is 581 g/mol. The first-order chi connectivity index (χ1) is 17.4.